The molecule has 1 aromatic rings. The molecule has 2 unspecified atom stereocenters. The van der Waals surface area contributed by atoms with Crippen LogP contribution in [-0.4, -0.2) is 76.9 Å². The van der Waals surface area contributed by atoms with Crippen LogP contribution >= 0.6 is 24.0 Å². The number of ether oxygens (including phenoxy) is 2. The number of anilines is 1. The van der Waals surface area contributed by atoms with Gasteiger partial charge in [0.25, 0.3) is 0 Å². The largest absolute Gasteiger partial charge is 0.497 e. The highest BCUT2D eigenvalue weighted by molar-refractivity contribution is 14.0. The maximum atomic E-state index is 5.43. The first kappa shape index (κ1) is 25.8. The Morgan fingerprint density at radius 1 is 1.10 bits per heavy atom. The molecule has 2 aliphatic rings. The van der Waals surface area contributed by atoms with E-state index in [2.05, 4.69) is 51.4 Å². The van der Waals surface area contributed by atoms with E-state index in [-0.39, 0.29) is 24.0 Å². The second-order valence-electron chi connectivity index (χ2n) is 8.65. The zero-order chi connectivity index (χ0) is 21.5. The van der Waals surface area contributed by atoms with Crippen LogP contribution in [-0.2, 0) is 0 Å². The number of aliphatic imine (C=N–C) groups is 1. The molecular weight excluding hydrogens is 505 g/mol. The number of likely N-dealkylation sites (tertiary alicyclic amines) is 1. The molecule has 0 amide bonds. The minimum Gasteiger partial charge on any atom is -0.497 e. The summed E-state index contributed by atoms with van der Waals surface area (Å²) in [4.78, 5) is 9.47. The third-order valence-corrected chi connectivity index (χ3v) is 6.31. The number of methoxy groups -OCH3 is 2. The van der Waals surface area contributed by atoms with Gasteiger partial charge in [-0.2, -0.15) is 0 Å². The molecule has 2 atom stereocenters. The van der Waals surface area contributed by atoms with Gasteiger partial charge in [-0.25, -0.2) is 0 Å². The summed E-state index contributed by atoms with van der Waals surface area (Å²) in [5.74, 6) is 3.16. The van der Waals surface area contributed by atoms with Gasteiger partial charge in [0.2, 0.25) is 0 Å². The van der Waals surface area contributed by atoms with Crippen LogP contribution in [0.15, 0.2) is 23.2 Å². The summed E-state index contributed by atoms with van der Waals surface area (Å²) in [5.41, 5.74) is 1.13. The zero-order valence-electron chi connectivity index (χ0n) is 19.7. The third kappa shape index (κ3) is 7.03. The Kier molecular flexibility index (Phi) is 10.5. The molecule has 0 radical (unpaired) electrons. The van der Waals surface area contributed by atoms with Crippen molar-refractivity contribution >= 4 is 35.6 Å². The summed E-state index contributed by atoms with van der Waals surface area (Å²) >= 11 is 0. The number of rotatable bonds is 8. The fourth-order valence-corrected chi connectivity index (χ4v) is 4.54. The lowest BCUT2D eigenvalue weighted by molar-refractivity contribution is 0.192. The molecule has 3 rings (SSSR count). The lowest BCUT2D eigenvalue weighted by atomic mass is 10.0. The van der Waals surface area contributed by atoms with Crippen molar-refractivity contribution in [1.82, 2.24) is 15.5 Å². The SMILES string of the molecule is CN=C(NCC(C(C)C)N1CCCC1)NC1CCN(c2cc(OC)cc(OC)c2)C1.I. The van der Waals surface area contributed by atoms with Crippen LogP contribution in [0.2, 0.25) is 0 Å². The van der Waals surface area contributed by atoms with Crippen molar-refractivity contribution in [3.63, 3.8) is 0 Å². The quantitative estimate of drug-likeness (QED) is 0.298. The Morgan fingerprint density at radius 3 is 2.29 bits per heavy atom. The average Bonchev–Trinajstić information content (AvgIpc) is 3.44. The van der Waals surface area contributed by atoms with Gasteiger partial charge in [0.15, 0.2) is 5.96 Å². The van der Waals surface area contributed by atoms with Gasteiger partial charge in [-0.15, -0.1) is 24.0 Å². The standard InChI is InChI=1S/C23H39N5O2.HI/c1-17(2)22(27-9-6-7-10-27)15-25-23(24-3)26-18-8-11-28(16-18)19-12-20(29-4)14-21(13-19)30-5;/h12-14,17-18,22H,6-11,15-16H2,1-5H3,(H2,24,25,26);1H. The molecule has 1 aromatic carbocycles. The van der Waals surface area contributed by atoms with E-state index in [0.717, 1.165) is 49.2 Å². The first-order valence-corrected chi connectivity index (χ1v) is 11.2. The van der Waals surface area contributed by atoms with Crippen molar-refractivity contribution in [2.75, 3.05) is 58.9 Å². The Bertz CT molecular complexity index is 687. The zero-order valence-corrected chi connectivity index (χ0v) is 22.0. The fourth-order valence-electron chi connectivity index (χ4n) is 4.54. The number of hydrogen-bond acceptors (Lipinski definition) is 5. The summed E-state index contributed by atoms with van der Waals surface area (Å²) in [5, 5.41) is 7.21. The van der Waals surface area contributed by atoms with E-state index in [0.29, 0.717) is 18.0 Å². The maximum absolute atomic E-state index is 5.43. The number of benzene rings is 1. The smallest absolute Gasteiger partial charge is 0.191 e. The number of nitrogens with one attached hydrogen (secondary N) is 2. The highest BCUT2D eigenvalue weighted by Gasteiger charge is 2.27. The normalized spacial score (nSPS) is 20.5. The summed E-state index contributed by atoms with van der Waals surface area (Å²) in [7, 11) is 5.24. The number of guanidine groups is 1. The first-order valence-electron chi connectivity index (χ1n) is 11.2. The fraction of sp³-hybridized carbons (Fsp3) is 0.696. The summed E-state index contributed by atoms with van der Waals surface area (Å²) in [6, 6.07) is 6.96. The van der Waals surface area contributed by atoms with Gasteiger partial charge in [-0.05, 0) is 38.3 Å². The molecule has 2 heterocycles. The van der Waals surface area contributed by atoms with E-state index in [1.165, 1.54) is 25.9 Å². The molecule has 7 nitrogen and oxygen atoms in total. The van der Waals surface area contributed by atoms with Gasteiger partial charge in [0.05, 0.1) is 14.2 Å². The molecular formula is C23H40IN5O2. The molecule has 0 aliphatic carbocycles. The van der Waals surface area contributed by atoms with Gasteiger partial charge in [-0.3, -0.25) is 9.89 Å². The van der Waals surface area contributed by atoms with Gasteiger partial charge in [-0.1, -0.05) is 13.8 Å². The highest BCUT2D eigenvalue weighted by Crippen LogP contribution is 2.30. The Hall–Kier alpha value is -1.42. The van der Waals surface area contributed by atoms with E-state index >= 15 is 0 Å². The van der Waals surface area contributed by atoms with Gasteiger partial charge in [0.1, 0.15) is 11.5 Å². The number of hydrogen-bond donors (Lipinski definition) is 2. The summed E-state index contributed by atoms with van der Waals surface area (Å²) in [6.45, 7) is 9.93. The summed E-state index contributed by atoms with van der Waals surface area (Å²) < 4.78 is 10.9. The van der Waals surface area contributed by atoms with Crippen LogP contribution < -0.4 is 25.0 Å². The van der Waals surface area contributed by atoms with Crippen molar-refractivity contribution in [2.24, 2.45) is 10.9 Å². The lowest BCUT2D eigenvalue weighted by Crippen LogP contribution is -2.50. The Balaban J connectivity index is 0.00000341. The molecule has 8 heteroatoms. The predicted octanol–water partition coefficient (Wildman–Crippen LogP) is 3.19. The molecule has 31 heavy (non-hydrogen) atoms. The predicted molar refractivity (Wildman–Crippen MR) is 140 cm³/mol. The van der Waals surface area contributed by atoms with Crippen LogP contribution in [0, 0.1) is 5.92 Å². The molecule has 0 bridgehead atoms. The van der Waals surface area contributed by atoms with Crippen LogP contribution in [0.3, 0.4) is 0 Å². The lowest BCUT2D eigenvalue weighted by Gasteiger charge is -2.31. The van der Waals surface area contributed by atoms with Gasteiger partial charge >= 0.3 is 0 Å². The maximum Gasteiger partial charge on any atom is 0.191 e. The molecule has 176 valence electrons. The van der Waals surface area contributed by atoms with E-state index in [9.17, 15) is 0 Å². The van der Waals surface area contributed by atoms with E-state index in [1.807, 2.05) is 13.1 Å². The van der Waals surface area contributed by atoms with Crippen molar-refractivity contribution in [3.05, 3.63) is 18.2 Å². The second kappa shape index (κ2) is 12.6. The van der Waals surface area contributed by atoms with Crippen LogP contribution in [0.4, 0.5) is 5.69 Å². The van der Waals surface area contributed by atoms with Crippen molar-refractivity contribution in [1.29, 1.82) is 0 Å². The van der Waals surface area contributed by atoms with Crippen LogP contribution in [0.25, 0.3) is 0 Å². The Labute approximate surface area is 205 Å². The highest BCUT2D eigenvalue weighted by atomic mass is 127. The molecule has 2 N–H and O–H groups in total. The van der Waals surface area contributed by atoms with Crippen molar-refractivity contribution in [2.45, 2.75) is 45.2 Å². The summed E-state index contributed by atoms with van der Waals surface area (Å²) in [6.07, 6.45) is 3.71. The first-order chi connectivity index (χ1) is 14.5. The molecule has 2 fully saturated rings. The minimum absolute atomic E-state index is 0. The molecule has 0 aromatic heterocycles. The van der Waals surface area contributed by atoms with E-state index in [4.69, 9.17) is 9.47 Å². The number of halogens is 1. The third-order valence-electron chi connectivity index (χ3n) is 6.31. The molecule has 0 spiro atoms. The number of nitrogens with zero attached hydrogens (tertiary/aromatic N) is 3. The van der Waals surface area contributed by atoms with Crippen LogP contribution in [0.5, 0.6) is 11.5 Å². The van der Waals surface area contributed by atoms with Crippen molar-refractivity contribution < 1.29 is 9.47 Å². The molecule has 0 saturated carbocycles. The topological polar surface area (TPSA) is 61.4 Å². The van der Waals surface area contributed by atoms with E-state index in [1.54, 1.807) is 14.2 Å². The Morgan fingerprint density at radius 2 is 1.74 bits per heavy atom. The van der Waals surface area contributed by atoms with Gasteiger partial charge in [0, 0.05) is 62.7 Å². The minimum atomic E-state index is 0. The monoisotopic (exact) mass is 545 g/mol. The average molecular weight is 546 g/mol. The molecule has 2 saturated heterocycles. The van der Waals surface area contributed by atoms with Crippen molar-refractivity contribution in [3.8, 4) is 11.5 Å². The van der Waals surface area contributed by atoms with E-state index < -0.39 is 0 Å². The van der Waals surface area contributed by atoms with Crippen LogP contribution in [0.1, 0.15) is 33.1 Å². The molecule has 2 aliphatic heterocycles. The van der Waals surface area contributed by atoms with Gasteiger partial charge < -0.3 is 25.0 Å². The second-order valence-corrected chi connectivity index (χ2v) is 8.65.